The number of amidine groups is 1. The van der Waals surface area contributed by atoms with E-state index < -0.39 is 0 Å². The van der Waals surface area contributed by atoms with E-state index in [9.17, 15) is 0 Å². The van der Waals surface area contributed by atoms with Crippen molar-refractivity contribution < 1.29 is 0 Å². The second kappa shape index (κ2) is 2.67. The molecule has 1 rings (SSSR count). The van der Waals surface area contributed by atoms with Gasteiger partial charge in [-0.3, -0.25) is 5.41 Å². The molecular formula is C7H12N2. The van der Waals surface area contributed by atoms with Crippen molar-refractivity contribution in [1.82, 2.24) is 4.90 Å². The Hall–Kier alpha value is -0.790. The van der Waals surface area contributed by atoms with Crippen molar-refractivity contribution in [1.29, 1.82) is 5.41 Å². The van der Waals surface area contributed by atoms with Crippen LogP contribution >= 0.6 is 0 Å². The fourth-order valence-electron chi connectivity index (χ4n) is 1.05. The molecule has 0 aromatic carbocycles. The zero-order valence-electron chi connectivity index (χ0n) is 5.56. The minimum atomic E-state index is 0.719. The molecule has 2 heteroatoms. The van der Waals surface area contributed by atoms with E-state index in [2.05, 4.69) is 6.58 Å². The largest absolute Gasteiger partial charge is 0.338 e. The van der Waals surface area contributed by atoms with Crippen molar-refractivity contribution in [3.63, 3.8) is 0 Å². The Kier molecular flexibility index (Phi) is 1.88. The summed E-state index contributed by atoms with van der Waals surface area (Å²) in [7, 11) is 0. The molecule has 0 aliphatic carbocycles. The lowest BCUT2D eigenvalue weighted by Crippen LogP contribution is -2.29. The summed E-state index contributed by atoms with van der Waals surface area (Å²) < 4.78 is 0. The number of likely N-dealkylation sites (tertiary alicyclic amines) is 1. The number of hydrogen-bond acceptors (Lipinski definition) is 1. The summed E-state index contributed by atoms with van der Waals surface area (Å²) in [5.74, 6) is 0.719. The summed E-state index contributed by atoms with van der Waals surface area (Å²) in [6.45, 7) is 4.61. The van der Waals surface area contributed by atoms with Gasteiger partial charge in [0.1, 0.15) is 0 Å². The van der Waals surface area contributed by atoms with E-state index in [-0.39, 0.29) is 0 Å². The standard InChI is InChI=1S/C7H12N2/c1-2-9-6-4-3-5-7(9)8/h2,8H,1,3-6H2. The maximum Gasteiger partial charge on any atom is 0.0997 e. The van der Waals surface area contributed by atoms with Crippen LogP contribution in [0, 0.1) is 5.41 Å². The first-order valence-corrected chi connectivity index (χ1v) is 3.31. The molecule has 1 fully saturated rings. The number of nitrogens with zero attached hydrogens (tertiary/aromatic N) is 1. The van der Waals surface area contributed by atoms with Gasteiger partial charge in [0.25, 0.3) is 0 Å². The number of nitrogens with one attached hydrogen (secondary N) is 1. The van der Waals surface area contributed by atoms with Crippen LogP contribution in [-0.2, 0) is 0 Å². The minimum Gasteiger partial charge on any atom is -0.338 e. The van der Waals surface area contributed by atoms with Crippen molar-refractivity contribution in [2.75, 3.05) is 6.54 Å². The zero-order valence-corrected chi connectivity index (χ0v) is 5.56. The van der Waals surface area contributed by atoms with Crippen LogP contribution in [0.4, 0.5) is 0 Å². The summed E-state index contributed by atoms with van der Waals surface area (Å²) >= 11 is 0. The van der Waals surface area contributed by atoms with Crippen LogP contribution in [0.2, 0.25) is 0 Å². The van der Waals surface area contributed by atoms with Crippen molar-refractivity contribution in [2.24, 2.45) is 0 Å². The Morgan fingerprint density at radius 3 is 2.78 bits per heavy atom. The normalized spacial score (nSPS) is 20.0. The Balaban J connectivity index is 2.48. The molecule has 1 saturated heterocycles. The van der Waals surface area contributed by atoms with E-state index in [0.717, 1.165) is 18.8 Å². The highest BCUT2D eigenvalue weighted by Crippen LogP contribution is 2.09. The van der Waals surface area contributed by atoms with E-state index in [0.29, 0.717) is 0 Å². The van der Waals surface area contributed by atoms with E-state index in [1.165, 1.54) is 12.8 Å². The first-order chi connectivity index (χ1) is 4.34. The Morgan fingerprint density at radius 1 is 1.56 bits per heavy atom. The van der Waals surface area contributed by atoms with Crippen molar-refractivity contribution in [3.05, 3.63) is 12.8 Å². The molecular weight excluding hydrogens is 112 g/mol. The van der Waals surface area contributed by atoms with Gasteiger partial charge in [-0.15, -0.1) is 0 Å². The lowest BCUT2D eigenvalue weighted by Gasteiger charge is -2.24. The van der Waals surface area contributed by atoms with Crippen molar-refractivity contribution in [2.45, 2.75) is 19.3 Å². The SMILES string of the molecule is C=CN1CCCCC1=N. The highest BCUT2D eigenvalue weighted by molar-refractivity contribution is 5.80. The summed E-state index contributed by atoms with van der Waals surface area (Å²) in [5, 5.41) is 7.40. The molecule has 0 amide bonds. The molecule has 0 radical (unpaired) electrons. The molecule has 50 valence electrons. The number of piperidine rings is 1. The molecule has 0 unspecified atom stereocenters. The van der Waals surface area contributed by atoms with Gasteiger partial charge in [0.2, 0.25) is 0 Å². The molecule has 0 aromatic heterocycles. The maximum atomic E-state index is 7.40. The van der Waals surface area contributed by atoms with Crippen LogP contribution in [0.3, 0.4) is 0 Å². The second-order valence-corrected chi connectivity index (χ2v) is 2.28. The van der Waals surface area contributed by atoms with Gasteiger partial charge in [0.15, 0.2) is 0 Å². The van der Waals surface area contributed by atoms with Gasteiger partial charge in [0, 0.05) is 13.0 Å². The Labute approximate surface area is 55.7 Å². The van der Waals surface area contributed by atoms with E-state index in [1.54, 1.807) is 6.20 Å². The molecule has 0 atom stereocenters. The summed E-state index contributed by atoms with van der Waals surface area (Å²) in [5.41, 5.74) is 0. The third kappa shape index (κ3) is 1.31. The van der Waals surface area contributed by atoms with Gasteiger partial charge >= 0.3 is 0 Å². The van der Waals surface area contributed by atoms with Gasteiger partial charge in [0.05, 0.1) is 5.84 Å². The lowest BCUT2D eigenvalue weighted by molar-refractivity contribution is 0.468. The molecule has 1 heterocycles. The molecule has 1 aliphatic heterocycles. The number of hydrogen-bond donors (Lipinski definition) is 1. The monoisotopic (exact) mass is 124 g/mol. The first kappa shape index (κ1) is 6.33. The third-order valence-electron chi connectivity index (χ3n) is 1.63. The Bertz CT molecular complexity index is 129. The van der Waals surface area contributed by atoms with Crippen LogP contribution in [0.5, 0.6) is 0 Å². The van der Waals surface area contributed by atoms with Gasteiger partial charge in [-0.2, -0.15) is 0 Å². The van der Waals surface area contributed by atoms with Crippen LogP contribution in [0.25, 0.3) is 0 Å². The summed E-state index contributed by atoms with van der Waals surface area (Å²) in [6, 6.07) is 0. The molecule has 0 bridgehead atoms. The lowest BCUT2D eigenvalue weighted by atomic mass is 10.1. The van der Waals surface area contributed by atoms with Gasteiger partial charge < -0.3 is 4.90 Å². The van der Waals surface area contributed by atoms with Crippen LogP contribution in [0.1, 0.15) is 19.3 Å². The predicted molar refractivity (Wildman–Crippen MR) is 38.5 cm³/mol. The van der Waals surface area contributed by atoms with Crippen LogP contribution in [0.15, 0.2) is 12.8 Å². The predicted octanol–water partition coefficient (Wildman–Crippen LogP) is 1.59. The van der Waals surface area contributed by atoms with Crippen molar-refractivity contribution >= 4 is 5.84 Å². The fourth-order valence-corrected chi connectivity index (χ4v) is 1.05. The second-order valence-electron chi connectivity index (χ2n) is 2.28. The minimum absolute atomic E-state index is 0.719. The molecule has 0 spiro atoms. The average molecular weight is 124 g/mol. The molecule has 1 N–H and O–H groups in total. The van der Waals surface area contributed by atoms with Gasteiger partial charge in [-0.05, 0) is 19.0 Å². The molecule has 0 saturated carbocycles. The van der Waals surface area contributed by atoms with E-state index in [4.69, 9.17) is 5.41 Å². The highest BCUT2D eigenvalue weighted by atomic mass is 15.1. The fraction of sp³-hybridized carbons (Fsp3) is 0.571. The Morgan fingerprint density at radius 2 is 2.33 bits per heavy atom. The highest BCUT2D eigenvalue weighted by Gasteiger charge is 2.10. The van der Waals surface area contributed by atoms with Gasteiger partial charge in [-0.25, -0.2) is 0 Å². The van der Waals surface area contributed by atoms with E-state index >= 15 is 0 Å². The summed E-state index contributed by atoms with van der Waals surface area (Å²) in [6.07, 6.45) is 5.03. The maximum absolute atomic E-state index is 7.40. The smallest absolute Gasteiger partial charge is 0.0997 e. The van der Waals surface area contributed by atoms with Crippen molar-refractivity contribution in [3.8, 4) is 0 Å². The molecule has 9 heavy (non-hydrogen) atoms. The molecule has 1 aliphatic rings. The van der Waals surface area contributed by atoms with Crippen LogP contribution < -0.4 is 0 Å². The van der Waals surface area contributed by atoms with Gasteiger partial charge in [-0.1, -0.05) is 6.58 Å². The van der Waals surface area contributed by atoms with E-state index in [1.807, 2.05) is 4.90 Å². The molecule has 0 aromatic rings. The number of rotatable bonds is 1. The topological polar surface area (TPSA) is 27.1 Å². The first-order valence-electron chi connectivity index (χ1n) is 3.31. The third-order valence-corrected chi connectivity index (χ3v) is 1.63. The quantitative estimate of drug-likeness (QED) is 0.564. The van der Waals surface area contributed by atoms with Crippen LogP contribution in [-0.4, -0.2) is 17.3 Å². The zero-order chi connectivity index (χ0) is 6.69. The molecule has 2 nitrogen and oxygen atoms in total. The summed E-state index contributed by atoms with van der Waals surface area (Å²) in [4.78, 5) is 1.91. The average Bonchev–Trinajstić information content (AvgIpc) is 1.89.